The van der Waals surface area contributed by atoms with Gasteiger partial charge in [0.1, 0.15) is 12.4 Å². The van der Waals surface area contributed by atoms with E-state index in [0.717, 1.165) is 0 Å². The van der Waals surface area contributed by atoms with Gasteiger partial charge in [-0.05, 0) is 19.1 Å². The summed E-state index contributed by atoms with van der Waals surface area (Å²) < 4.78 is 9.90. The standard InChI is InChI=1S/C8H10O4/c1-6(8(9)10)12-5-7-3-2-4-11-7/h2-4,6H,5H2,1H3,(H,9,10)/t6-/m0/s1. The predicted octanol–water partition coefficient (Wildman–Crippen LogP) is 1.27. The molecule has 4 nitrogen and oxygen atoms in total. The van der Waals surface area contributed by atoms with E-state index in [1.54, 1.807) is 12.1 Å². The third-order valence-corrected chi connectivity index (χ3v) is 1.40. The summed E-state index contributed by atoms with van der Waals surface area (Å²) in [5, 5.41) is 8.46. The summed E-state index contributed by atoms with van der Waals surface area (Å²) >= 11 is 0. The number of hydrogen-bond acceptors (Lipinski definition) is 3. The molecule has 12 heavy (non-hydrogen) atoms. The monoisotopic (exact) mass is 170 g/mol. The van der Waals surface area contributed by atoms with Gasteiger partial charge in [0.25, 0.3) is 0 Å². The minimum atomic E-state index is -0.971. The smallest absolute Gasteiger partial charge is 0.332 e. The van der Waals surface area contributed by atoms with E-state index in [4.69, 9.17) is 14.3 Å². The summed E-state index contributed by atoms with van der Waals surface area (Å²) in [6.07, 6.45) is 0.722. The van der Waals surface area contributed by atoms with Crippen LogP contribution < -0.4 is 0 Å². The van der Waals surface area contributed by atoms with Crippen molar-refractivity contribution in [1.82, 2.24) is 0 Å². The van der Waals surface area contributed by atoms with Crippen LogP contribution in [0.1, 0.15) is 12.7 Å². The van der Waals surface area contributed by atoms with E-state index < -0.39 is 12.1 Å². The van der Waals surface area contributed by atoms with Crippen molar-refractivity contribution in [3.63, 3.8) is 0 Å². The number of rotatable bonds is 4. The molecule has 0 unspecified atom stereocenters. The maximum absolute atomic E-state index is 10.3. The fourth-order valence-electron chi connectivity index (χ4n) is 0.673. The van der Waals surface area contributed by atoms with Gasteiger partial charge in [0.15, 0.2) is 6.10 Å². The molecule has 0 amide bonds. The van der Waals surface area contributed by atoms with Gasteiger partial charge in [-0.25, -0.2) is 4.79 Å². The second kappa shape index (κ2) is 3.92. The first kappa shape index (κ1) is 8.80. The molecule has 1 heterocycles. The SMILES string of the molecule is C[C@H](OCc1ccco1)C(=O)O. The lowest BCUT2D eigenvalue weighted by Crippen LogP contribution is -2.19. The number of aliphatic carboxylic acids is 1. The zero-order valence-electron chi connectivity index (χ0n) is 6.69. The first-order valence-corrected chi connectivity index (χ1v) is 3.57. The van der Waals surface area contributed by atoms with Crippen molar-refractivity contribution in [2.24, 2.45) is 0 Å². The topological polar surface area (TPSA) is 59.7 Å². The Bertz CT molecular complexity index is 240. The summed E-state index contributed by atoms with van der Waals surface area (Å²) in [6, 6.07) is 3.46. The molecule has 1 aromatic heterocycles. The molecule has 0 radical (unpaired) electrons. The molecule has 1 N–H and O–H groups in total. The van der Waals surface area contributed by atoms with Gasteiger partial charge >= 0.3 is 5.97 Å². The average molecular weight is 170 g/mol. The van der Waals surface area contributed by atoms with Gasteiger partial charge in [0.2, 0.25) is 0 Å². The summed E-state index contributed by atoms with van der Waals surface area (Å²) in [5.74, 6) is -0.343. The van der Waals surface area contributed by atoms with Gasteiger partial charge in [-0.2, -0.15) is 0 Å². The first-order chi connectivity index (χ1) is 5.70. The molecule has 0 aliphatic carbocycles. The van der Waals surface area contributed by atoms with Crippen LogP contribution in [0.5, 0.6) is 0 Å². The molecule has 0 spiro atoms. The molecule has 0 saturated carbocycles. The normalized spacial score (nSPS) is 12.8. The minimum absolute atomic E-state index is 0.195. The van der Waals surface area contributed by atoms with Gasteiger partial charge in [-0.15, -0.1) is 0 Å². The highest BCUT2D eigenvalue weighted by molar-refractivity contribution is 5.71. The molecule has 0 bridgehead atoms. The zero-order chi connectivity index (χ0) is 8.97. The molecule has 1 rings (SSSR count). The van der Waals surface area contributed by atoms with Crippen LogP contribution in [0, 0.1) is 0 Å². The second-order valence-electron chi connectivity index (χ2n) is 2.37. The van der Waals surface area contributed by atoms with Crippen molar-refractivity contribution in [2.75, 3.05) is 0 Å². The van der Waals surface area contributed by atoms with Crippen LogP contribution in [-0.4, -0.2) is 17.2 Å². The lowest BCUT2D eigenvalue weighted by Gasteiger charge is -2.05. The molecular formula is C8H10O4. The van der Waals surface area contributed by atoms with E-state index in [0.29, 0.717) is 5.76 Å². The van der Waals surface area contributed by atoms with E-state index >= 15 is 0 Å². The van der Waals surface area contributed by atoms with Crippen molar-refractivity contribution < 1.29 is 19.1 Å². The molecule has 0 aliphatic rings. The van der Waals surface area contributed by atoms with Gasteiger partial charge < -0.3 is 14.3 Å². The molecule has 4 heteroatoms. The average Bonchev–Trinajstić information content (AvgIpc) is 2.51. The molecule has 0 fully saturated rings. The van der Waals surface area contributed by atoms with Crippen LogP contribution >= 0.6 is 0 Å². The highest BCUT2D eigenvalue weighted by Gasteiger charge is 2.11. The number of carboxylic acids is 1. The molecule has 0 aromatic carbocycles. The summed E-state index contributed by atoms with van der Waals surface area (Å²) in [4.78, 5) is 10.3. The molecule has 1 aromatic rings. The molecule has 0 aliphatic heterocycles. The third-order valence-electron chi connectivity index (χ3n) is 1.40. The lowest BCUT2D eigenvalue weighted by atomic mass is 10.4. The fourth-order valence-corrected chi connectivity index (χ4v) is 0.673. The van der Waals surface area contributed by atoms with Crippen molar-refractivity contribution in [3.05, 3.63) is 24.2 Å². The van der Waals surface area contributed by atoms with E-state index in [2.05, 4.69) is 0 Å². The first-order valence-electron chi connectivity index (χ1n) is 3.57. The van der Waals surface area contributed by atoms with E-state index in [1.807, 2.05) is 0 Å². The molecule has 0 saturated heterocycles. The van der Waals surface area contributed by atoms with Crippen LogP contribution in [0.15, 0.2) is 22.8 Å². The Morgan fingerprint density at radius 3 is 3.08 bits per heavy atom. The van der Waals surface area contributed by atoms with Crippen molar-refractivity contribution in [2.45, 2.75) is 19.6 Å². The van der Waals surface area contributed by atoms with Gasteiger partial charge in [-0.1, -0.05) is 0 Å². The lowest BCUT2D eigenvalue weighted by molar-refractivity contribution is -0.150. The van der Waals surface area contributed by atoms with Crippen LogP contribution in [0.3, 0.4) is 0 Å². The van der Waals surface area contributed by atoms with E-state index in [1.165, 1.54) is 13.2 Å². The van der Waals surface area contributed by atoms with Crippen molar-refractivity contribution in [1.29, 1.82) is 0 Å². The van der Waals surface area contributed by atoms with Crippen LogP contribution in [-0.2, 0) is 16.1 Å². The number of hydrogen-bond donors (Lipinski definition) is 1. The Hall–Kier alpha value is -1.29. The Morgan fingerprint density at radius 1 is 1.83 bits per heavy atom. The Labute approximate surface area is 69.8 Å². The highest BCUT2D eigenvalue weighted by Crippen LogP contribution is 2.03. The van der Waals surface area contributed by atoms with Crippen LogP contribution in [0.25, 0.3) is 0 Å². The number of carboxylic acid groups (broad SMARTS) is 1. The maximum atomic E-state index is 10.3. The predicted molar refractivity (Wildman–Crippen MR) is 40.6 cm³/mol. The fraction of sp³-hybridized carbons (Fsp3) is 0.375. The summed E-state index contributed by atoms with van der Waals surface area (Å²) in [5.41, 5.74) is 0. The third kappa shape index (κ3) is 2.39. The van der Waals surface area contributed by atoms with Crippen LogP contribution in [0.4, 0.5) is 0 Å². The number of carbonyl (C=O) groups is 1. The van der Waals surface area contributed by atoms with Crippen molar-refractivity contribution >= 4 is 5.97 Å². The Balaban J connectivity index is 2.31. The molecule has 1 atom stereocenters. The maximum Gasteiger partial charge on any atom is 0.332 e. The number of ether oxygens (including phenoxy) is 1. The van der Waals surface area contributed by atoms with Gasteiger partial charge in [0.05, 0.1) is 6.26 Å². The Kier molecular flexibility index (Phi) is 2.88. The quantitative estimate of drug-likeness (QED) is 0.739. The van der Waals surface area contributed by atoms with Crippen LogP contribution in [0.2, 0.25) is 0 Å². The summed E-state index contributed by atoms with van der Waals surface area (Å²) in [6.45, 7) is 1.67. The largest absolute Gasteiger partial charge is 0.479 e. The van der Waals surface area contributed by atoms with Gasteiger partial charge in [0, 0.05) is 0 Å². The summed E-state index contributed by atoms with van der Waals surface area (Å²) in [7, 11) is 0. The molecule has 66 valence electrons. The second-order valence-corrected chi connectivity index (χ2v) is 2.37. The highest BCUT2D eigenvalue weighted by atomic mass is 16.5. The zero-order valence-corrected chi connectivity index (χ0v) is 6.69. The van der Waals surface area contributed by atoms with E-state index in [9.17, 15) is 4.79 Å². The molecular weight excluding hydrogens is 160 g/mol. The van der Waals surface area contributed by atoms with E-state index in [-0.39, 0.29) is 6.61 Å². The van der Waals surface area contributed by atoms with Gasteiger partial charge in [-0.3, -0.25) is 0 Å². The minimum Gasteiger partial charge on any atom is -0.479 e. The number of furan rings is 1. The Morgan fingerprint density at radius 2 is 2.58 bits per heavy atom. The van der Waals surface area contributed by atoms with Crippen molar-refractivity contribution in [3.8, 4) is 0 Å².